The van der Waals surface area contributed by atoms with Gasteiger partial charge in [0.2, 0.25) is 0 Å². The molecule has 0 saturated heterocycles. The molecule has 2 aromatic carbocycles. The van der Waals surface area contributed by atoms with E-state index in [0.29, 0.717) is 6.54 Å². The zero-order valence-corrected chi connectivity index (χ0v) is 13.7. The molecule has 0 atom stereocenters. The van der Waals surface area contributed by atoms with Gasteiger partial charge in [-0.25, -0.2) is 4.68 Å². The van der Waals surface area contributed by atoms with E-state index in [4.69, 9.17) is 0 Å². The van der Waals surface area contributed by atoms with Crippen LogP contribution in [0.4, 0.5) is 0 Å². The van der Waals surface area contributed by atoms with Gasteiger partial charge < -0.3 is 10.6 Å². The first-order valence-corrected chi connectivity index (χ1v) is 7.93. The van der Waals surface area contributed by atoms with Gasteiger partial charge in [0.25, 0.3) is 0 Å². The van der Waals surface area contributed by atoms with Gasteiger partial charge in [-0.1, -0.05) is 48.5 Å². The van der Waals surface area contributed by atoms with Gasteiger partial charge in [-0.3, -0.25) is 4.99 Å². The van der Waals surface area contributed by atoms with Crippen LogP contribution in [0.1, 0.15) is 11.1 Å². The Labute approximate surface area is 142 Å². The van der Waals surface area contributed by atoms with Crippen molar-refractivity contribution in [2.45, 2.75) is 13.1 Å². The zero-order chi connectivity index (χ0) is 16.6. The van der Waals surface area contributed by atoms with Crippen LogP contribution in [0.25, 0.3) is 5.69 Å². The molecule has 122 valence electrons. The average Bonchev–Trinajstić information content (AvgIpc) is 3.17. The molecule has 3 rings (SSSR count). The normalized spacial score (nSPS) is 11.3. The lowest BCUT2D eigenvalue weighted by Gasteiger charge is -2.14. The molecule has 0 aliphatic rings. The number of nitrogens with zero attached hydrogens (tertiary/aromatic N) is 3. The quantitative estimate of drug-likeness (QED) is 0.561. The number of rotatable bonds is 5. The smallest absolute Gasteiger partial charge is 0.191 e. The molecule has 5 heteroatoms. The van der Waals surface area contributed by atoms with E-state index < -0.39 is 0 Å². The van der Waals surface area contributed by atoms with Crippen molar-refractivity contribution in [1.82, 2.24) is 20.4 Å². The number of guanidine groups is 1. The lowest BCUT2D eigenvalue weighted by Crippen LogP contribution is -2.36. The number of hydrogen-bond acceptors (Lipinski definition) is 2. The fourth-order valence-corrected chi connectivity index (χ4v) is 2.48. The predicted molar refractivity (Wildman–Crippen MR) is 97.0 cm³/mol. The van der Waals surface area contributed by atoms with Crippen LogP contribution in [0.3, 0.4) is 0 Å². The van der Waals surface area contributed by atoms with Crippen molar-refractivity contribution in [1.29, 1.82) is 0 Å². The third-order valence-electron chi connectivity index (χ3n) is 3.72. The van der Waals surface area contributed by atoms with Gasteiger partial charge in [0.15, 0.2) is 5.96 Å². The van der Waals surface area contributed by atoms with Crippen molar-refractivity contribution < 1.29 is 0 Å². The van der Waals surface area contributed by atoms with Crippen LogP contribution in [-0.2, 0) is 13.1 Å². The van der Waals surface area contributed by atoms with E-state index in [-0.39, 0.29) is 0 Å². The molecule has 0 radical (unpaired) electrons. The number of para-hydroxylation sites is 1. The fourth-order valence-electron chi connectivity index (χ4n) is 2.48. The van der Waals surface area contributed by atoms with Gasteiger partial charge in [-0.15, -0.1) is 0 Å². The van der Waals surface area contributed by atoms with Crippen molar-refractivity contribution in [2.24, 2.45) is 4.99 Å². The highest BCUT2D eigenvalue weighted by atomic mass is 15.3. The summed E-state index contributed by atoms with van der Waals surface area (Å²) in [7, 11) is 1.78. The number of nitrogens with one attached hydrogen (secondary N) is 2. The van der Waals surface area contributed by atoms with Crippen LogP contribution in [0.2, 0.25) is 0 Å². The highest BCUT2D eigenvalue weighted by Crippen LogP contribution is 2.13. The summed E-state index contributed by atoms with van der Waals surface area (Å²) in [5, 5.41) is 11.0. The second-order valence-corrected chi connectivity index (χ2v) is 5.34. The van der Waals surface area contributed by atoms with Gasteiger partial charge in [0, 0.05) is 32.5 Å². The molecule has 0 saturated carbocycles. The lowest BCUT2D eigenvalue weighted by atomic mass is 10.2. The minimum absolute atomic E-state index is 0.671. The van der Waals surface area contributed by atoms with E-state index in [9.17, 15) is 0 Å². The maximum Gasteiger partial charge on any atom is 0.191 e. The molecule has 0 unspecified atom stereocenters. The van der Waals surface area contributed by atoms with Crippen LogP contribution in [0.5, 0.6) is 0 Å². The minimum atomic E-state index is 0.671. The van der Waals surface area contributed by atoms with Gasteiger partial charge in [0.1, 0.15) is 0 Å². The maximum atomic E-state index is 4.31. The Hall–Kier alpha value is -3.08. The Morgan fingerprint density at radius 3 is 2.46 bits per heavy atom. The summed E-state index contributed by atoms with van der Waals surface area (Å²) in [5.74, 6) is 0.772. The fraction of sp³-hybridized carbons (Fsp3) is 0.158. The van der Waals surface area contributed by atoms with Gasteiger partial charge >= 0.3 is 0 Å². The first-order valence-electron chi connectivity index (χ1n) is 7.93. The van der Waals surface area contributed by atoms with Crippen molar-refractivity contribution in [3.63, 3.8) is 0 Å². The van der Waals surface area contributed by atoms with E-state index in [1.54, 1.807) is 13.2 Å². The van der Waals surface area contributed by atoms with E-state index in [0.717, 1.165) is 23.8 Å². The molecule has 0 fully saturated rings. The minimum Gasteiger partial charge on any atom is -0.352 e. The monoisotopic (exact) mass is 319 g/mol. The van der Waals surface area contributed by atoms with E-state index in [1.165, 1.54) is 5.56 Å². The van der Waals surface area contributed by atoms with Crippen LogP contribution in [-0.4, -0.2) is 22.8 Å². The summed E-state index contributed by atoms with van der Waals surface area (Å²) < 4.78 is 1.87. The van der Waals surface area contributed by atoms with Gasteiger partial charge in [-0.2, -0.15) is 5.10 Å². The van der Waals surface area contributed by atoms with E-state index >= 15 is 0 Å². The van der Waals surface area contributed by atoms with Crippen LogP contribution < -0.4 is 10.6 Å². The number of aromatic nitrogens is 2. The molecule has 0 aliphatic carbocycles. The van der Waals surface area contributed by atoms with Crippen LogP contribution >= 0.6 is 0 Å². The van der Waals surface area contributed by atoms with Crippen molar-refractivity contribution in [2.75, 3.05) is 7.05 Å². The largest absolute Gasteiger partial charge is 0.352 e. The van der Waals surface area contributed by atoms with Crippen molar-refractivity contribution in [3.05, 3.63) is 84.2 Å². The predicted octanol–water partition coefficient (Wildman–Crippen LogP) is 2.74. The first-order chi connectivity index (χ1) is 11.9. The lowest BCUT2D eigenvalue weighted by molar-refractivity contribution is 0.792. The molecule has 2 N–H and O–H groups in total. The molecular weight excluding hydrogens is 298 g/mol. The highest BCUT2D eigenvalue weighted by molar-refractivity contribution is 5.79. The third-order valence-corrected chi connectivity index (χ3v) is 3.72. The standard InChI is InChI=1S/C19H21N5/c1-20-19(21-14-16-8-3-2-4-9-16)22-15-17-10-5-6-11-18(17)24-13-7-12-23-24/h2-13H,14-15H2,1H3,(H2,20,21,22). The second-order valence-electron chi connectivity index (χ2n) is 5.34. The number of aliphatic imine (C=N–C) groups is 1. The zero-order valence-electron chi connectivity index (χ0n) is 13.7. The van der Waals surface area contributed by atoms with Gasteiger partial charge in [0.05, 0.1) is 5.69 Å². The molecule has 0 amide bonds. The summed E-state index contributed by atoms with van der Waals surface area (Å²) in [6.45, 7) is 1.41. The molecule has 0 bridgehead atoms. The average molecular weight is 319 g/mol. The van der Waals surface area contributed by atoms with Crippen molar-refractivity contribution in [3.8, 4) is 5.69 Å². The molecule has 1 aromatic heterocycles. The highest BCUT2D eigenvalue weighted by Gasteiger charge is 2.05. The Bertz CT molecular complexity index is 779. The molecular formula is C19H21N5. The molecule has 1 heterocycles. The van der Waals surface area contributed by atoms with Crippen molar-refractivity contribution >= 4 is 5.96 Å². The summed E-state index contributed by atoms with van der Waals surface area (Å²) in [5.41, 5.74) is 3.44. The Balaban J connectivity index is 1.62. The molecule has 0 aliphatic heterocycles. The molecule has 5 nitrogen and oxygen atoms in total. The third kappa shape index (κ3) is 4.01. The molecule has 3 aromatic rings. The summed E-state index contributed by atoms with van der Waals surface area (Å²) in [6, 6.07) is 20.4. The Morgan fingerprint density at radius 2 is 1.71 bits per heavy atom. The molecule has 0 spiro atoms. The van der Waals surface area contributed by atoms with Crippen LogP contribution in [0, 0.1) is 0 Å². The van der Waals surface area contributed by atoms with E-state index in [1.807, 2.05) is 47.3 Å². The first kappa shape index (κ1) is 15.8. The van der Waals surface area contributed by atoms with Gasteiger partial charge in [-0.05, 0) is 23.3 Å². The Kier molecular flexibility index (Phi) is 5.24. The van der Waals surface area contributed by atoms with Crippen LogP contribution in [0.15, 0.2) is 78.0 Å². The summed E-state index contributed by atoms with van der Waals surface area (Å²) >= 11 is 0. The summed E-state index contributed by atoms with van der Waals surface area (Å²) in [6.07, 6.45) is 3.73. The topological polar surface area (TPSA) is 54.2 Å². The summed E-state index contributed by atoms with van der Waals surface area (Å²) in [4.78, 5) is 4.28. The number of benzene rings is 2. The SMILES string of the molecule is CN=C(NCc1ccccc1)NCc1ccccc1-n1cccn1. The Morgan fingerprint density at radius 1 is 0.958 bits per heavy atom. The van der Waals surface area contributed by atoms with E-state index in [2.05, 4.69) is 45.0 Å². The maximum absolute atomic E-state index is 4.31. The molecule has 24 heavy (non-hydrogen) atoms. The second kappa shape index (κ2) is 7.97. The number of hydrogen-bond donors (Lipinski definition) is 2.